The van der Waals surface area contributed by atoms with E-state index in [9.17, 15) is 9.90 Å². The van der Waals surface area contributed by atoms with Crippen molar-refractivity contribution in [2.24, 2.45) is 5.92 Å². The minimum Gasteiger partial charge on any atom is -0.378 e. The molecular formula is C16H27NO5. The number of ether oxygens (including phenoxy) is 3. The number of hydrogen-bond donors (Lipinski definition) is 2. The summed E-state index contributed by atoms with van der Waals surface area (Å²) in [5.74, 6) is -1.77. The first kappa shape index (κ1) is 17.4. The van der Waals surface area contributed by atoms with E-state index in [2.05, 4.69) is 11.9 Å². The Bertz CT molecular complexity index is 421. The molecule has 2 N–H and O–H groups in total. The average Bonchev–Trinajstić information content (AvgIpc) is 2.52. The maximum Gasteiger partial charge on any atom is 0.256 e. The van der Waals surface area contributed by atoms with Crippen LogP contribution in [0.4, 0.5) is 0 Å². The fraction of sp³-hybridized carbons (Fsp3) is 0.812. The predicted octanol–water partition coefficient (Wildman–Crippen LogP) is 1.33. The van der Waals surface area contributed by atoms with Gasteiger partial charge >= 0.3 is 0 Å². The van der Waals surface area contributed by atoms with E-state index in [1.807, 2.05) is 13.8 Å². The van der Waals surface area contributed by atoms with Crippen LogP contribution < -0.4 is 5.32 Å². The Morgan fingerprint density at radius 2 is 2.23 bits per heavy atom. The third-order valence-corrected chi connectivity index (χ3v) is 4.70. The Labute approximate surface area is 131 Å². The Morgan fingerprint density at radius 1 is 1.50 bits per heavy atom. The molecule has 2 saturated heterocycles. The van der Waals surface area contributed by atoms with Crippen molar-refractivity contribution in [3.05, 3.63) is 12.2 Å². The second kappa shape index (κ2) is 7.08. The maximum atomic E-state index is 12.3. The number of hydrogen-bond acceptors (Lipinski definition) is 5. The second-order valence-corrected chi connectivity index (χ2v) is 6.23. The molecule has 2 aliphatic heterocycles. The van der Waals surface area contributed by atoms with Gasteiger partial charge in [-0.05, 0) is 26.2 Å². The summed E-state index contributed by atoms with van der Waals surface area (Å²) in [5.41, 5.74) is 0.904. The van der Waals surface area contributed by atoms with Gasteiger partial charge in [0.1, 0.15) is 6.23 Å². The molecule has 6 heteroatoms. The van der Waals surface area contributed by atoms with E-state index < -0.39 is 17.8 Å². The summed E-state index contributed by atoms with van der Waals surface area (Å²) < 4.78 is 16.7. The smallest absolute Gasteiger partial charge is 0.256 e. The Balaban J connectivity index is 2.05. The van der Waals surface area contributed by atoms with Gasteiger partial charge in [0.05, 0.1) is 6.10 Å². The molecule has 22 heavy (non-hydrogen) atoms. The van der Waals surface area contributed by atoms with Crippen LogP contribution in [0.25, 0.3) is 0 Å². The SMILES string of the molecule is C=C1C[C@](OC)([C@H](O)C(=O)N[C@@H]2CCCCO2)O[C@H](C)[C@@H]1C. The van der Waals surface area contributed by atoms with Crippen molar-refractivity contribution in [1.29, 1.82) is 0 Å². The lowest BCUT2D eigenvalue weighted by Gasteiger charge is -2.45. The van der Waals surface area contributed by atoms with Crippen molar-refractivity contribution in [3.63, 3.8) is 0 Å². The number of aliphatic hydroxyl groups is 1. The molecule has 0 spiro atoms. The van der Waals surface area contributed by atoms with Crippen LogP contribution in [-0.2, 0) is 19.0 Å². The summed E-state index contributed by atoms with van der Waals surface area (Å²) in [7, 11) is 1.43. The van der Waals surface area contributed by atoms with Gasteiger partial charge in [-0.25, -0.2) is 0 Å². The number of carbonyl (C=O) groups is 1. The van der Waals surface area contributed by atoms with Crippen LogP contribution in [0.15, 0.2) is 12.2 Å². The quantitative estimate of drug-likeness (QED) is 0.766. The standard InChI is InChI=1S/C16H27NO5/c1-10-9-16(20-4,22-12(3)11(10)2)14(18)15(19)17-13-7-5-6-8-21-13/h11-14,18H,1,5-9H2,2-4H3,(H,17,19)/t11-,12-,13+,14-,16-/m1/s1. The number of methoxy groups -OCH3 is 1. The Kier molecular flexibility index (Phi) is 5.60. The largest absolute Gasteiger partial charge is 0.378 e. The first-order chi connectivity index (χ1) is 10.4. The van der Waals surface area contributed by atoms with Crippen LogP contribution in [0.3, 0.4) is 0 Å². The first-order valence-corrected chi connectivity index (χ1v) is 7.90. The van der Waals surface area contributed by atoms with Gasteiger partial charge in [-0.3, -0.25) is 4.79 Å². The molecule has 1 amide bonds. The molecule has 6 nitrogen and oxygen atoms in total. The van der Waals surface area contributed by atoms with E-state index in [0.29, 0.717) is 6.61 Å². The van der Waals surface area contributed by atoms with Gasteiger partial charge in [-0.2, -0.15) is 0 Å². The molecule has 5 atom stereocenters. The molecule has 0 aliphatic carbocycles. The normalized spacial score (nSPS) is 37.6. The highest BCUT2D eigenvalue weighted by Crippen LogP contribution is 2.38. The highest BCUT2D eigenvalue weighted by Gasteiger charge is 2.49. The molecule has 2 rings (SSSR count). The third-order valence-electron chi connectivity index (χ3n) is 4.70. The summed E-state index contributed by atoms with van der Waals surface area (Å²) in [4.78, 5) is 12.3. The summed E-state index contributed by atoms with van der Waals surface area (Å²) in [5, 5.41) is 13.2. The molecule has 0 radical (unpaired) electrons. The first-order valence-electron chi connectivity index (χ1n) is 7.90. The lowest BCUT2D eigenvalue weighted by molar-refractivity contribution is -0.297. The minimum absolute atomic E-state index is 0.153. The fourth-order valence-electron chi connectivity index (χ4n) is 2.95. The van der Waals surface area contributed by atoms with Crippen molar-refractivity contribution in [2.75, 3.05) is 13.7 Å². The number of carbonyl (C=O) groups excluding carboxylic acids is 1. The summed E-state index contributed by atoms with van der Waals surface area (Å²) in [6.45, 7) is 8.54. The molecule has 0 unspecified atom stereocenters. The zero-order chi connectivity index (χ0) is 16.3. The average molecular weight is 313 g/mol. The molecule has 0 saturated carbocycles. The molecule has 0 aromatic heterocycles. The van der Waals surface area contributed by atoms with Crippen molar-refractivity contribution in [1.82, 2.24) is 5.32 Å². The van der Waals surface area contributed by atoms with Crippen LogP contribution >= 0.6 is 0 Å². The summed E-state index contributed by atoms with van der Waals surface area (Å²) in [6.07, 6.45) is 1.06. The van der Waals surface area contributed by atoms with Gasteiger partial charge < -0.3 is 24.6 Å². The Hall–Kier alpha value is -0.950. The molecule has 126 valence electrons. The van der Waals surface area contributed by atoms with Gasteiger partial charge in [0.15, 0.2) is 6.10 Å². The van der Waals surface area contributed by atoms with E-state index >= 15 is 0 Å². The monoisotopic (exact) mass is 313 g/mol. The highest BCUT2D eigenvalue weighted by atomic mass is 16.7. The van der Waals surface area contributed by atoms with Crippen LogP contribution in [0.5, 0.6) is 0 Å². The molecule has 2 heterocycles. The van der Waals surface area contributed by atoms with Crippen molar-refractivity contribution < 1.29 is 24.1 Å². The molecule has 2 aliphatic rings. The van der Waals surface area contributed by atoms with Gasteiger partial charge in [-0.1, -0.05) is 19.1 Å². The summed E-state index contributed by atoms with van der Waals surface area (Å²) in [6, 6.07) is 0. The number of aliphatic hydroxyl groups excluding tert-OH is 1. The molecule has 0 bridgehead atoms. The van der Waals surface area contributed by atoms with E-state index in [1.165, 1.54) is 7.11 Å². The molecule has 0 aromatic carbocycles. The maximum absolute atomic E-state index is 12.3. The number of nitrogens with one attached hydrogen (secondary N) is 1. The van der Waals surface area contributed by atoms with Crippen LogP contribution in [0.1, 0.15) is 39.5 Å². The molecule has 0 aromatic rings. The fourth-order valence-corrected chi connectivity index (χ4v) is 2.95. The van der Waals surface area contributed by atoms with Gasteiger partial charge in [-0.15, -0.1) is 0 Å². The van der Waals surface area contributed by atoms with E-state index in [4.69, 9.17) is 14.2 Å². The van der Waals surface area contributed by atoms with Crippen molar-refractivity contribution in [2.45, 2.75) is 63.8 Å². The zero-order valence-corrected chi connectivity index (χ0v) is 13.6. The predicted molar refractivity (Wildman–Crippen MR) is 80.9 cm³/mol. The van der Waals surface area contributed by atoms with E-state index in [-0.39, 0.29) is 24.7 Å². The van der Waals surface area contributed by atoms with E-state index in [0.717, 1.165) is 24.8 Å². The van der Waals surface area contributed by atoms with Crippen LogP contribution in [-0.4, -0.2) is 49.0 Å². The minimum atomic E-state index is -1.44. The summed E-state index contributed by atoms with van der Waals surface area (Å²) >= 11 is 0. The lowest BCUT2D eigenvalue weighted by Crippen LogP contribution is -2.59. The second-order valence-electron chi connectivity index (χ2n) is 6.23. The van der Waals surface area contributed by atoms with Crippen LogP contribution in [0.2, 0.25) is 0 Å². The third kappa shape index (κ3) is 3.51. The van der Waals surface area contributed by atoms with Gasteiger partial charge in [0, 0.05) is 26.1 Å². The van der Waals surface area contributed by atoms with Gasteiger partial charge in [0.2, 0.25) is 5.79 Å². The number of rotatable bonds is 4. The number of amides is 1. The highest BCUT2D eigenvalue weighted by molar-refractivity contribution is 5.81. The van der Waals surface area contributed by atoms with Crippen molar-refractivity contribution in [3.8, 4) is 0 Å². The van der Waals surface area contributed by atoms with Gasteiger partial charge in [0.25, 0.3) is 5.91 Å². The van der Waals surface area contributed by atoms with E-state index in [1.54, 1.807) is 0 Å². The van der Waals surface area contributed by atoms with Crippen LogP contribution in [0, 0.1) is 5.92 Å². The molecular weight excluding hydrogens is 286 g/mol. The zero-order valence-electron chi connectivity index (χ0n) is 13.6. The van der Waals surface area contributed by atoms with Crippen molar-refractivity contribution >= 4 is 5.91 Å². The topological polar surface area (TPSA) is 77.0 Å². The lowest BCUT2D eigenvalue weighted by atomic mass is 9.85. The Morgan fingerprint density at radius 3 is 2.77 bits per heavy atom. The molecule has 2 fully saturated rings.